The monoisotopic (exact) mass is 459 g/mol. The molecule has 5 rings (SSSR count). The quantitative estimate of drug-likeness (QED) is 0.455. The van der Waals surface area contributed by atoms with Crippen LogP contribution in [0.15, 0.2) is 90.1 Å². The van der Waals surface area contributed by atoms with Gasteiger partial charge in [-0.2, -0.15) is 4.31 Å². The van der Waals surface area contributed by atoms with Gasteiger partial charge in [0, 0.05) is 44.6 Å². The SMILES string of the molecule is Cc1nc(N2CCN(S(=O)(=O)c3ccc(-c4ccccc4)cc3)CC2)cc(-n2cccc2)n1. The standard InChI is InChI=1S/C25H25N5O2S/c1-20-26-24(28-13-5-6-14-28)19-25(27-20)29-15-17-30(18-16-29)33(31,32)23-11-9-22(10-12-23)21-7-3-2-4-8-21/h2-14,19H,15-18H2,1H3. The van der Waals surface area contributed by atoms with E-state index in [9.17, 15) is 8.42 Å². The normalized spacial score (nSPS) is 15.0. The average molecular weight is 460 g/mol. The summed E-state index contributed by atoms with van der Waals surface area (Å²) in [6.45, 7) is 3.83. The first-order chi connectivity index (χ1) is 16.0. The molecule has 1 fully saturated rings. The second kappa shape index (κ2) is 8.80. The number of aromatic nitrogens is 3. The molecule has 0 bridgehead atoms. The van der Waals surface area contributed by atoms with E-state index in [0.29, 0.717) is 36.9 Å². The molecule has 33 heavy (non-hydrogen) atoms. The summed E-state index contributed by atoms with van der Waals surface area (Å²) in [6.07, 6.45) is 3.89. The molecule has 168 valence electrons. The fraction of sp³-hybridized carbons (Fsp3) is 0.200. The van der Waals surface area contributed by atoms with E-state index in [1.54, 1.807) is 16.4 Å². The van der Waals surface area contributed by atoms with Crippen molar-refractivity contribution in [2.45, 2.75) is 11.8 Å². The Hall–Kier alpha value is -3.49. The fourth-order valence-electron chi connectivity index (χ4n) is 4.07. The molecule has 4 aromatic rings. The highest BCUT2D eigenvalue weighted by Gasteiger charge is 2.29. The van der Waals surface area contributed by atoms with Crippen molar-refractivity contribution in [3.63, 3.8) is 0 Å². The first kappa shape index (κ1) is 21.4. The van der Waals surface area contributed by atoms with Crippen LogP contribution in [0.2, 0.25) is 0 Å². The summed E-state index contributed by atoms with van der Waals surface area (Å²) in [5.41, 5.74) is 2.06. The van der Waals surface area contributed by atoms with Crippen LogP contribution < -0.4 is 4.90 Å². The van der Waals surface area contributed by atoms with Crippen LogP contribution in [0.25, 0.3) is 16.9 Å². The molecule has 0 atom stereocenters. The van der Waals surface area contributed by atoms with Crippen LogP contribution in [-0.2, 0) is 10.0 Å². The van der Waals surface area contributed by atoms with Crippen LogP contribution in [0.1, 0.15) is 5.82 Å². The number of aryl methyl sites for hydroxylation is 1. The van der Waals surface area contributed by atoms with Crippen molar-refractivity contribution < 1.29 is 8.42 Å². The highest BCUT2D eigenvalue weighted by Crippen LogP contribution is 2.25. The lowest BCUT2D eigenvalue weighted by molar-refractivity contribution is 0.383. The first-order valence-electron chi connectivity index (χ1n) is 10.9. The van der Waals surface area contributed by atoms with Crippen molar-refractivity contribution in [2.75, 3.05) is 31.1 Å². The molecule has 7 nitrogen and oxygen atoms in total. The molecule has 0 N–H and O–H groups in total. The van der Waals surface area contributed by atoms with Crippen molar-refractivity contribution in [3.05, 3.63) is 91.0 Å². The van der Waals surface area contributed by atoms with Crippen molar-refractivity contribution >= 4 is 15.8 Å². The van der Waals surface area contributed by atoms with E-state index in [0.717, 1.165) is 22.8 Å². The number of nitrogens with zero attached hydrogens (tertiary/aromatic N) is 5. The number of anilines is 1. The zero-order chi connectivity index (χ0) is 22.8. The van der Waals surface area contributed by atoms with Crippen molar-refractivity contribution in [1.29, 1.82) is 0 Å². The van der Waals surface area contributed by atoms with Crippen LogP contribution in [0.5, 0.6) is 0 Å². The second-order valence-electron chi connectivity index (χ2n) is 8.00. The number of benzene rings is 2. The Kier molecular flexibility index (Phi) is 5.70. The Bertz CT molecular complexity index is 1330. The van der Waals surface area contributed by atoms with Gasteiger partial charge in [0.25, 0.3) is 0 Å². The van der Waals surface area contributed by atoms with E-state index in [1.807, 2.05) is 84.5 Å². The van der Waals surface area contributed by atoms with E-state index in [4.69, 9.17) is 0 Å². The predicted molar refractivity (Wildman–Crippen MR) is 129 cm³/mol. The van der Waals surface area contributed by atoms with Crippen LogP contribution in [0.3, 0.4) is 0 Å². The molecule has 0 aliphatic carbocycles. The largest absolute Gasteiger partial charge is 0.354 e. The number of hydrogen-bond acceptors (Lipinski definition) is 5. The minimum absolute atomic E-state index is 0.323. The molecule has 1 aliphatic rings. The van der Waals surface area contributed by atoms with Gasteiger partial charge in [-0.3, -0.25) is 0 Å². The Labute approximate surface area is 194 Å². The van der Waals surface area contributed by atoms with Crippen LogP contribution in [0, 0.1) is 6.92 Å². The van der Waals surface area contributed by atoms with Gasteiger partial charge in [0.2, 0.25) is 10.0 Å². The molecular weight excluding hydrogens is 434 g/mol. The zero-order valence-electron chi connectivity index (χ0n) is 18.4. The Morgan fingerprint density at radius 2 is 1.33 bits per heavy atom. The Morgan fingerprint density at radius 1 is 0.727 bits per heavy atom. The maximum absolute atomic E-state index is 13.2. The summed E-state index contributed by atoms with van der Waals surface area (Å²) >= 11 is 0. The lowest BCUT2D eigenvalue weighted by atomic mass is 10.1. The van der Waals surface area contributed by atoms with E-state index >= 15 is 0 Å². The number of piperazine rings is 1. The van der Waals surface area contributed by atoms with Gasteiger partial charge < -0.3 is 9.47 Å². The van der Waals surface area contributed by atoms with Gasteiger partial charge in [-0.1, -0.05) is 42.5 Å². The molecule has 0 amide bonds. The van der Waals surface area contributed by atoms with E-state index in [2.05, 4.69) is 14.9 Å². The Morgan fingerprint density at radius 3 is 2.00 bits per heavy atom. The van der Waals surface area contributed by atoms with Crippen LogP contribution >= 0.6 is 0 Å². The average Bonchev–Trinajstić information content (AvgIpc) is 3.40. The maximum atomic E-state index is 13.2. The van der Waals surface area contributed by atoms with Gasteiger partial charge >= 0.3 is 0 Å². The molecule has 2 aromatic heterocycles. The Balaban J connectivity index is 1.30. The molecule has 2 aromatic carbocycles. The summed E-state index contributed by atoms with van der Waals surface area (Å²) in [7, 11) is -3.55. The van der Waals surface area contributed by atoms with E-state index < -0.39 is 10.0 Å². The number of hydrogen-bond donors (Lipinski definition) is 0. The molecule has 0 saturated carbocycles. The van der Waals surface area contributed by atoms with Crippen LogP contribution in [0.4, 0.5) is 5.82 Å². The van der Waals surface area contributed by atoms with Gasteiger partial charge in [0.15, 0.2) is 0 Å². The first-order valence-corrected chi connectivity index (χ1v) is 12.3. The molecule has 3 heterocycles. The molecule has 1 aliphatic heterocycles. The summed E-state index contributed by atoms with van der Waals surface area (Å²) in [5.74, 6) is 2.30. The summed E-state index contributed by atoms with van der Waals surface area (Å²) < 4.78 is 29.9. The van der Waals surface area contributed by atoms with E-state index in [1.165, 1.54) is 0 Å². The fourth-order valence-corrected chi connectivity index (χ4v) is 5.50. The minimum Gasteiger partial charge on any atom is -0.354 e. The van der Waals surface area contributed by atoms with Crippen molar-refractivity contribution in [2.24, 2.45) is 0 Å². The minimum atomic E-state index is -3.55. The molecular formula is C25H25N5O2S. The third-order valence-corrected chi connectivity index (χ3v) is 7.75. The molecule has 0 radical (unpaired) electrons. The molecule has 0 spiro atoms. The summed E-state index contributed by atoms with van der Waals surface area (Å²) in [4.78, 5) is 11.5. The summed E-state index contributed by atoms with van der Waals surface area (Å²) in [6, 6.07) is 22.9. The lowest BCUT2D eigenvalue weighted by Crippen LogP contribution is -2.49. The maximum Gasteiger partial charge on any atom is 0.243 e. The van der Waals surface area contributed by atoms with Crippen molar-refractivity contribution in [3.8, 4) is 16.9 Å². The number of sulfonamides is 1. The third kappa shape index (κ3) is 4.40. The molecule has 8 heteroatoms. The number of rotatable bonds is 5. The third-order valence-electron chi connectivity index (χ3n) is 5.84. The predicted octanol–water partition coefficient (Wildman–Crippen LogP) is 3.75. The van der Waals surface area contributed by atoms with Crippen LogP contribution in [-0.4, -0.2) is 53.4 Å². The van der Waals surface area contributed by atoms with Gasteiger partial charge in [0.05, 0.1) is 4.90 Å². The highest BCUT2D eigenvalue weighted by molar-refractivity contribution is 7.89. The molecule has 0 unspecified atom stereocenters. The second-order valence-corrected chi connectivity index (χ2v) is 9.94. The topological polar surface area (TPSA) is 71.3 Å². The van der Waals surface area contributed by atoms with Crippen molar-refractivity contribution in [1.82, 2.24) is 18.8 Å². The van der Waals surface area contributed by atoms with Gasteiger partial charge in [-0.15, -0.1) is 0 Å². The van der Waals surface area contributed by atoms with Gasteiger partial charge in [0.1, 0.15) is 17.5 Å². The zero-order valence-corrected chi connectivity index (χ0v) is 19.2. The molecule has 1 saturated heterocycles. The van der Waals surface area contributed by atoms with Gasteiger partial charge in [-0.05, 0) is 42.3 Å². The lowest BCUT2D eigenvalue weighted by Gasteiger charge is -2.34. The smallest absolute Gasteiger partial charge is 0.243 e. The summed E-state index contributed by atoms with van der Waals surface area (Å²) in [5, 5.41) is 0. The van der Waals surface area contributed by atoms with E-state index in [-0.39, 0.29) is 0 Å². The highest BCUT2D eigenvalue weighted by atomic mass is 32.2. The van der Waals surface area contributed by atoms with Gasteiger partial charge in [-0.25, -0.2) is 18.4 Å².